The third-order valence-electron chi connectivity index (χ3n) is 9.84. The molecule has 7 N–H and O–H groups in total. The number of rotatable bonds is 24. The molecule has 6 rings (SSSR count). The van der Waals surface area contributed by atoms with Crippen LogP contribution in [0.15, 0.2) is 148 Å². The molecule has 0 saturated heterocycles. The molecule has 2 unspecified atom stereocenters. The first-order valence-electron chi connectivity index (χ1n) is 21.9. The van der Waals surface area contributed by atoms with Crippen LogP contribution in [0.25, 0.3) is 20.9 Å². The number of guanidine groups is 1. The van der Waals surface area contributed by atoms with Gasteiger partial charge in [-0.3, -0.25) is 0 Å². The first kappa shape index (κ1) is 54.8. The summed E-state index contributed by atoms with van der Waals surface area (Å²) in [5, 5.41) is 14.3. The molecule has 6 aromatic rings. The maximum absolute atomic E-state index is 12.8. The van der Waals surface area contributed by atoms with Crippen molar-refractivity contribution in [2.75, 3.05) is 32.4 Å². The number of amides is 2. The number of aliphatic imine (C=N–C) groups is 1. The zero-order valence-electron chi connectivity index (χ0n) is 38.3. The van der Waals surface area contributed by atoms with E-state index in [1.807, 2.05) is 60.7 Å². The Morgan fingerprint density at radius 3 is 1.40 bits per heavy atom. The van der Waals surface area contributed by atoms with Crippen molar-refractivity contribution in [1.29, 1.82) is 0 Å². The van der Waals surface area contributed by atoms with Crippen molar-refractivity contribution in [3.8, 4) is 20.9 Å². The van der Waals surface area contributed by atoms with E-state index < -0.39 is 32.1 Å². The third-order valence-corrected chi connectivity index (χ3v) is 15.3. The van der Waals surface area contributed by atoms with Crippen LogP contribution in [0.5, 0.6) is 0 Å². The topological polar surface area (TPSA) is 250 Å². The molecule has 2 amide bonds. The van der Waals surface area contributed by atoms with Gasteiger partial charge in [-0.05, 0) is 38.1 Å². The number of benzene rings is 4. The Kier molecular flexibility index (Phi) is 21.8. The quantitative estimate of drug-likeness (QED) is 0.0195. The van der Waals surface area contributed by atoms with Gasteiger partial charge in [-0.2, -0.15) is 0 Å². The van der Waals surface area contributed by atoms with E-state index in [4.69, 9.17) is 0 Å². The number of hydrogen-bond acceptors (Lipinski definition) is 13. The van der Waals surface area contributed by atoms with E-state index in [1.165, 1.54) is 46.9 Å². The van der Waals surface area contributed by atoms with Gasteiger partial charge < -0.3 is 0 Å². The molecule has 70 heavy (non-hydrogen) atoms. The van der Waals surface area contributed by atoms with Crippen LogP contribution >= 0.6 is 22.7 Å². The maximum Gasteiger partial charge on any atom is 0.240 e. The normalized spacial score (nSPS) is 11.8. The Labute approximate surface area is 417 Å². The molecule has 0 fully saturated rings. The van der Waals surface area contributed by atoms with E-state index >= 15 is 0 Å². The van der Waals surface area contributed by atoms with Gasteiger partial charge in [0.05, 0.1) is 9.79 Å². The van der Waals surface area contributed by atoms with Gasteiger partial charge in [0, 0.05) is 12.6 Å². The summed E-state index contributed by atoms with van der Waals surface area (Å²) in [5.41, 5.74) is 3.82. The second-order valence-electron chi connectivity index (χ2n) is 15.3. The minimum atomic E-state index is -3.68. The molecule has 2 atom stereocenters. The van der Waals surface area contributed by atoms with Crippen LogP contribution < -0.4 is 36.0 Å². The standard InChI is InChI=1S/C24H27B2N5O5S2.C22H24BN3O4S2/c1-17(31-38(35,36)19-8-3-2-4-9-19)13-27-23(32)22-12-11-21(37-22)20-10-6-5-7-18(20)14-28-24(29-15-25-33)30-16-26-34;1-16(26-32(29,30)18-8-3-2-4-9-18)13-25-22(27)21-12-11-20(31-21)19-10-6-5-7-17(19)14-24-15-23-28/h2-12,17,31H,13-16H2,1H3,(H,27,32)(H2,28,29,30);2-12,16,24,26H,13-15H2,1H3,(H,25,27). The maximum atomic E-state index is 12.8. The summed E-state index contributed by atoms with van der Waals surface area (Å²) in [7, 11) is -5.12. The van der Waals surface area contributed by atoms with Gasteiger partial charge in [0.25, 0.3) is 0 Å². The number of carbonyl (C=O) groups is 2. The van der Waals surface area contributed by atoms with Gasteiger partial charge in [0.2, 0.25) is 20.0 Å². The van der Waals surface area contributed by atoms with Gasteiger partial charge in [0.1, 0.15) is 0 Å². The van der Waals surface area contributed by atoms with E-state index in [1.54, 1.807) is 62.4 Å². The molecular formula is C46H51B3N8O9S4. The monoisotopic (exact) mass is 1020 g/mol. The summed E-state index contributed by atoms with van der Waals surface area (Å²) in [5.74, 6) is -0.230. The zero-order valence-corrected chi connectivity index (χ0v) is 41.6. The van der Waals surface area contributed by atoms with Crippen LogP contribution in [-0.2, 0) is 47.3 Å². The van der Waals surface area contributed by atoms with E-state index in [2.05, 4.69) is 41.0 Å². The molecule has 0 spiro atoms. The number of nitrogens with zero attached hydrogens (tertiary/aromatic N) is 1. The van der Waals surface area contributed by atoms with Crippen LogP contribution in [0.4, 0.5) is 0 Å². The van der Waals surface area contributed by atoms with Crippen LogP contribution in [0.3, 0.4) is 0 Å². The zero-order chi connectivity index (χ0) is 50.4. The molecule has 24 heteroatoms. The summed E-state index contributed by atoms with van der Waals surface area (Å²) in [6.45, 7) is 4.48. The number of thiophene rings is 2. The third kappa shape index (κ3) is 17.1. The Hall–Kier alpha value is -6.14. The number of nitrogens with one attached hydrogen (secondary N) is 7. The molecule has 17 nitrogen and oxygen atoms in total. The van der Waals surface area contributed by atoms with E-state index in [-0.39, 0.29) is 60.6 Å². The summed E-state index contributed by atoms with van der Waals surface area (Å²) >= 11 is 2.67. The predicted octanol–water partition coefficient (Wildman–Crippen LogP) is 4.17. The van der Waals surface area contributed by atoms with Crippen molar-refractivity contribution in [3.05, 3.63) is 154 Å². The molecule has 0 aliphatic carbocycles. The van der Waals surface area contributed by atoms with Gasteiger partial charge in [-0.1, -0.05) is 36.4 Å². The fraction of sp³-hybridized carbons (Fsp3) is 0.239. The van der Waals surface area contributed by atoms with Crippen LogP contribution in [-0.4, -0.2) is 101 Å². The number of carbonyl (C=O) groups excluding carboxylic acids is 2. The average Bonchev–Trinajstić information content (AvgIpc) is 4.08. The summed E-state index contributed by atoms with van der Waals surface area (Å²) in [6, 6.07) is 37.8. The average molecular weight is 1020 g/mol. The van der Waals surface area contributed by atoms with Gasteiger partial charge in [0.15, 0.2) is 0 Å². The first-order chi connectivity index (χ1) is 33.7. The SMILES string of the molecule is CC(CNC(=O)c1ccc(-c2ccccc2CN=C(NCB=O)NCB=O)s1)NS(=O)(=O)c1ccccc1.CC(CNC(=O)c1ccc(-c2ccccc2CNCB=O)s1)NS(=O)(=O)c1ccccc1. The Bertz CT molecular complexity index is 2930. The minimum absolute atomic E-state index is 0.0576. The molecule has 4 aromatic carbocycles. The number of sulfonamides is 2. The van der Waals surface area contributed by atoms with Crippen molar-refractivity contribution in [3.63, 3.8) is 0 Å². The van der Waals surface area contributed by atoms with Gasteiger partial charge in [-0.25, -0.2) is 26.3 Å². The van der Waals surface area contributed by atoms with Crippen molar-refractivity contribution in [2.24, 2.45) is 4.99 Å². The van der Waals surface area contributed by atoms with Crippen LogP contribution in [0.2, 0.25) is 0 Å². The second kappa shape index (κ2) is 27.9. The number of hydrogen-bond donors (Lipinski definition) is 7. The molecule has 0 bridgehead atoms. The fourth-order valence-electron chi connectivity index (χ4n) is 6.52. The Morgan fingerprint density at radius 2 is 0.943 bits per heavy atom. The van der Waals surface area contributed by atoms with Gasteiger partial charge >= 0.3 is 277 Å². The second-order valence-corrected chi connectivity index (χ2v) is 20.9. The summed E-state index contributed by atoms with van der Waals surface area (Å²) < 4.78 is 86.8. The van der Waals surface area contributed by atoms with Crippen molar-refractivity contribution < 1.29 is 40.5 Å². The summed E-state index contributed by atoms with van der Waals surface area (Å²) in [4.78, 5) is 33.0. The van der Waals surface area contributed by atoms with Crippen molar-refractivity contribution in [1.82, 2.24) is 36.0 Å². The Morgan fingerprint density at radius 1 is 0.529 bits per heavy atom. The van der Waals surface area contributed by atoms with E-state index in [0.29, 0.717) is 36.6 Å². The van der Waals surface area contributed by atoms with E-state index in [9.17, 15) is 40.5 Å². The van der Waals surface area contributed by atoms with Gasteiger partial charge in [-0.15, -0.1) is 0 Å². The largest absolute Gasteiger partial charge is 0.240 e. The molecule has 0 aliphatic heterocycles. The van der Waals surface area contributed by atoms with Crippen molar-refractivity contribution in [2.45, 2.75) is 48.8 Å². The van der Waals surface area contributed by atoms with E-state index in [0.717, 1.165) is 39.2 Å². The molecular weight excluding hydrogens is 969 g/mol. The fourth-order valence-corrected chi connectivity index (χ4v) is 11.0. The van der Waals surface area contributed by atoms with Crippen LogP contribution in [0.1, 0.15) is 44.3 Å². The summed E-state index contributed by atoms with van der Waals surface area (Å²) in [6.07, 6.45) is 0.392. The minimum Gasteiger partial charge on any atom is -0.207 e. The van der Waals surface area contributed by atoms with Crippen LogP contribution in [0, 0.1) is 0 Å². The Balaban J connectivity index is 0.000000265. The molecule has 0 aliphatic rings. The molecule has 362 valence electrons. The smallest absolute Gasteiger partial charge is 0.207 e. The molecule has 0 saturated carbocycles. The predicted molar refractivity (Wildman–Crippen MR) is 275 cm³/mol. The molecule has 2 heterocycles. The molecule has 2 aromatic heterocycles. The molecule has 0 radical (unpaired) electrons. The van der Waals surface area contributed by atoms with Crippen molar-refractivity contribution >= 4 is 81.9 Å². The first-order valence-corrected chi connectivity index (χ1v) is 26.5.